The van der Waals surface area contributed by atoms with Crippen molar-refractivity contribution >= 4 is 11.8 Å². The van der Waals surface area contributed by atoms with Gasteiger partial charge in [-0.3, -0.25) is 5.32 Å². The molecule has 0 bridgehead atoms. The van der Waals surface area contributed by atoms with Gasteiger partial charge in [-0.2, -0.15) is 11.8 Å². The fourth-order valence-corrected chi connectivity index (χ4v) is 3.35. The Morgan fingerprint density at radius 2 is 2.36 bits per heavy atom. The van der Waals surface area contributed by atoms with E-state index >= 15 is 0 Å². The Morgan fingerprint density at radius 3 is 2.93 bits per heavy atom. The number of hydrogen-bond acceptors (Lipinski definition) is 3. The second kappa shape index (κ2) is 4.42. The Labute approximate surface area is 91.2 Å². The average Bonchev–Trinajstić information content (AvgIpc) is 2.61. The lowest BCUT2D eigenvalue weighted by Gasteiger charge is -2.36. The summed E-state index contributed by atoms with van der Waals surface area (Å²) in [6.07, 6.45) is 2.92. The molecule has 3 heteroatoms. The number of ether oxygens (including phenoxy) is 1. The molecule has 14 heavy (non-hydrogen) atoms. The second-order valence-electron chi connectivity index (χ2n) is 5.31. The van der Waals surface area contributed by atoms with Crippen molar-refractivity contribution in [1.82, 2.24) is 5.32 Å². The molecule has 2 rings (SSSR count). The van der Waals surface area contributed by atoms with Gasteiger partial charge < -0.3 is 4.74 Å². The van der Waals surface area contributed by atoms with E-state index in [2.05, 4.69) is 30.9 Å². The summed E-state index contributed by atoms with van der Waals surface area (Å²) in [6, 6.07) is 0. The van der Waals surface area contributed by atoms with Gasteiger partial charge >= 0.3 is 0 Å². The fraction of sp³-hybridized carbons (Fsp3) is 1.00. The zero-order chi connectivity index (χ0) is 10.0. The van der Waals surface area contributed by atoms with Crippen LogP contribution in [0.1, 0.15) is 26.7 Å². The van der Waals surface area contributed by atoms with Crippen LogP contribution >= 0.6 is 11.8 Å². The molecule has 82 valence electrons. The molecule has 2 aliphatic heterocycles. The van der Waals surface area contributed by atoms with Gasteiger partial charge in [0, 0.05) is 12.0 Å². The van der Waals surface area contributed by atoms with Crippen molar-refractivity contribution in [2.24, 2.45) is 11.3 Å². The monoisotopic (exact) mass is 215 g/mol. The van der Waals surface area contributed by atoms with Crippen LogP contribution in [0.4, 0.5) is 0 Å². The molecular formula is C11H21NOS. The Balaban J connectivity index is 1.72. The molecule has 0 aliphatic carbocycles. The SMILES string of the molecule is CC1(C)CNC(CC2CCSC2)OC1. The second-order valence-corrected chi connectivity index (χ2v) is 6.46. The minimum Gasteiger partial charge on any atom is -0.363 e. The fourth-order valence-electron chi connectivity index (χ4n) is 2.05. The first-order valence-corrected chi connectivity index (χ1v) is 6.74. The molecule has 2 heterocycles. The van der Waals surface area contributed by atoms with Crippen LogP contribution in [0.15, 0.2) is 0 Å². The van der Waals surface area contributed by atoms with Gasteiger partial charge in [0.1, 0.15) is 6.23 Å². The molecular weight excluding hydrogens is 194 g/mol. The van der Waals surface area contributed by atoms with Crippen molar-refractivity contribution in [3.63, 3.8) is 0 Å². The predicted molar refractivity (Wildman–Crippen MR) is 61.6 cm³/mol. The third-order valence-electron chi connectivity index (χ3n) is 3.05. The Bertz CT molecular complexity index is 180. The zero-order valence-corrected chi connectivity index (χ0v) is 10.0. The molecule has 0 radical (unpaired) electrons. The van der Waals surface area contributed by atoms with Crippen molar-refractivity contribution in [3.05, 3.63) is 0 Å². The minimum absolute atomic E-state index is 0.320. The van der Waals surface area contributed by atoms with Crippen LogP contribution in [0.3, 0.4) is 0 Å². The summed E-state index contributed by atoms with van der Waals surface area (Å²) in [5.74, 6) is 3.58. The summed E-state index contributed by atoms with van der Waals surface area (Å²) >= 11 is 2.09. The molecule has 1 N–H and O–H groups in total. The molecule has 0 spiro atoms. The minimum atomic E-state index is 0.320. The smallest absolute Gasteiger partial charge is 0.108 e. The highest BCUT2D eigenvalue weighted by Gasteiger charge is 2.29. The molecule has 0 aromatic rings. The lowest BCUT2D eigenvalue weighted by Crippen LogP contribution is -2.48. The maximum Gasteiger partial charge on any atom is 0.108 e. The van der Waals surface area contributed by atoms with Crippen LogP contribution in [0.25, 0.3) is 0 Å². The highest BCUT2D eigenvalue weighted by molar-refractivity contribution is 7.99. The molecule has 2 atom stereocenters. The van der Waals surface area contributed by atoms with Crippen LogP contribution < -0.4 is 5.32 Å². The molecule has 2 saturated heterocycles. The van der Waals surface area contributed by atoms with Gasteiger partial charge in [-0.05, 0) is 30.3 Å². The molecule has 0 amide bonds. The first-order chi connectivity index (χ1) is 6.66. The number of rotatable bonds is 2. The standard InChI is InChI=1S/C11H21NOS/c1-11(2)7-12-10(13-8-11)5-9-3-4-14-6-9/h9-10,12H,3-8H2,1-2H3. The van der Waals surface area contributed by atoms with E-state index in [4.69, 9.17) is 4.74 Å². The topological polar surface area (TPSA) is 21.3 Å². The molecule has 2 nitrogen and oxygen atoms in total. The van der Waals surface area contributed by atoms with E-state index < -0.39 is 0 Å². The molecule has 0 saturated carbocycles. The van der Waals surface area contributed by atoms with E-state index in [0.29, 0.717) is 11.6 Å². The average molecular weight is 215 g/mol. The Morgan fingerprint density at radius 1 is 1.50 bits per heavy atom. The maximum atomic E-state index is 5.83. The van der Waals surface area contributed by atoms with Crippen molar-refractivity contribution in [2.45, 2.75) is 32.9 Å². The maximum absolute atomic E-state index is 5.83. The van der Waals surface area contributed by atoms with E-state index in [1.54, 1.807) is 0 Å². The summed E-state index contributed by atoms with van der Waals surface area (Å²) in [7, 11) is 0. The van der Waals surface area contributed by atoms with Gasteiger partial charge in [0.15, 0.2) is 0 Å². The van der Waals surface area contributed by atoms with E-state index in [0.717, 1.165) is 19.1 Å². The molecule has 0 aromatic carbocycles. The van der Waals surface area contributed by atoms with Crippen molar-refractivity contribution in [2.75, 3.05) is 24.7 Å². The van der Waals surface area contributed by atoms with Gasteiger partial charge in [-0.25, -0.2) is 0 Å². The van der Waals surface area contributed by atoms with Crippen LogP contribution in [0.2, 0.25) is 0 Å². The van der Waals surface area contributed by atoms with E-state index in [1.807, 2.05) is 0 Å². The molecule has 2 unspecified atom stereocenters. The third kappa shape index (κ3) is 2.88. The van der Waals surface area contributed by atoms with Gasteiger partial charge in [0.2, 0.25) is 0 Å². The lowest BCUT2D eigenvalue weighted by atomic mass is 9.92. The van der Waals surface area contributed by atoms with Gasteiger partial charge in [-0.1, -0.05) is 13.8 Å². The summed E-state index contributed by atoms with van der Waals surface area (Å²) in [4.78, 5) is 0. The number of nitrogens with one attached hydrogen (secondary N) is 1. The highest BCUT2D eigenvalue weighted by Crippen LogP contribution is 2.29. The van der Waals surface area contributed by atoms with Crippen LogP contribution in [0, 0.1) is 11.3 Å². The third-order valence-corrected chi connectivity index (χ3v) is 4.29. The predicted octanol–water partition coefficient (Wildman–Crippen LogP) is 2.10. The van der Waals surface area contributed by atoms with E-state index in [9.17, 15) is 0 Å². The van der Waals surface area contributed by atoms with Crippen molar-refractivity contribution in [1.29, 1.82) is 0 Å². The largest absolute Gasteiger partial charge is 0.363 e. The van der Waals surface area contributed by atoms with Crippen LogP contribution in [-0.4, -0.2) is 30.9 Å². The summed E-state index contributed by atoms with van der Waals surface area (Å²) in [5, 5.41) is 3.50. The molecule has 0 aromatic heterocycles. The van der Waals surface area contributed by atoms with E-state index in [-0.39, 0.29) is 0 Å². The Kier molecular flexibility index (Phi) is 3.40. The van der Waals surface area contributed by atoms with Crippen molar-refractivity contribution in [3.8, 4) is 0 Å². The lowest BCUT2D eigenvalue weighted by molar-refractivity contribution is -0.0660. The quantitative estimate of drug-likeness (QED) is 0.762. The normalized spacial score (nSPS) is 37.3. The summed E-state index contributed by atoms with van der Waals surface area (Å²) in [6.45, 7) is 6.51. The van der Waals surface area contributed by atoms with Crippen LogP contribution in [-0.2, 0) is 4.74 Å². The number of thioether (sulfide) groups is 1. The van der Waals surface area contributed by atoms with Crippen LogP contribution in [0.5, 0.6) is 0 Å². The van der Waals surface area contributed by atoms with Gasteiger partial charge in [0.05, 0.1) is 6.61 Å². The first-order valence-electron chi connectivity index (χ1n) is 5.58. The molecule has 2 aliphatic rings. The zero-order valence-electron chi connectivity index (χ0n) is 9.21. The first kappa shape index (κ1) is 10.8. The Hall–Kier alpha value is 0.270. The van der Waals surface area contributed by atoms with Gasteiger partial charge in [0.25, 0.3) is 0 Å². The highest BCUT2D eigenvalue weighted by atomic mass is 32.2. The van der Waals surface area contributed by atoms with Crippen molar-refractivity contribution < 1.29 is 4.74 Å². The number of hydrogen-bond donors (Lipinski definition) is 1. The summed E-state index contributed by atoms with van der Waals surface area (Å²) < 4.78 is 5.83. The van der Waals surface area contributed by atoms with E-state index in [1.165, 1.54) is 24.3 Å². The summed E-state index contributed by atoms with van der Waals surface area (Å²) in [5.41, 5.74) is 0.320. The molecule has 2 fully saturated rings. The van der Waals surface area contributed by atoms with Gasteiger partial charge in [-0.15, -0.1) is 0 Å².